The molecule has 3 saturated carbocycles. The molecule has 6 saturated heterocycles. The average Bonchev–Trinajstić information content (AvgIpc) is 4.16. The number of carbonyl (C=O) groups excluding carboxylic acids is 5. The molecule has 12 atom stereocenters. The Labute approximate surface area is 502 Å². The second-order valence-corrected chi connectivity index (χ2v) is 23.0. The number of aliphatic carboxylic acids is 4. The molecule has 9 fully saturated rings. The van der Waals surface area contributed by atoms with Crippen molar-refractivity contribution in [3.8, 4) is 0 Å². The molecule has 8 unspecified atom stereocenters. The summed E-state index contributed by atoms with van der Waals surface area (Å²) in [4.78, 5) is 103. The van der Waals surface area contributed by atoms with E-state index in [2.05, 4.69) is 41.5 Å². The molecule has 443 valence electrons. The Balaban J connectivity index is 0.000000309. The molecule has 3 aliphatic carbocycles. The van der Waals surface area contributed by atoms with Crippen molar-refractivity contribution < 1.29 is 152 Å². The maximum atomic E-state index is 12.1. The van der Waals surface area contributed by atoms with Gasteiger partial charge in [0.15, 0.2) is 11.2 Å². The van der Waals surface area contributed by atoms with Gasteiger partial charge in [0.05, 0.1) is 47.6 Å². The second-order valence-electron chi connectivity index (χ2n) is 23.0. The van der Waals surface area contributed by atoms with Crippen LogP contribution in [0, 0.1) is 35.0 Å². The van der Waals surface area contributed by atoms with E-state index in [1.165, 1.54) is 20.3 Å². The van der Waals surface area contributed by atoms with Crippen molar-refractivity contribution in [2.45, 2.75) is 164 Å². The third-order valence-electron chi connectivity index (χ3n) is 17.7. The zero-order chi connectivity index (χ0) is 56.9. The summed E-state index contributed by atoms with van der Waals surface area (Å²) in [5.74, 6) is -6.08. The summed E-state index contributed by atoms with van der Waals surface area (Å²) in [6.45, 7) is 11.7. The van der Waals surface area contributed by atoms with Crippen LogP contribution in [-0.4, -0.2) is 181 Å². The molecule has 80 heavy (non-hydrogen) atoms. The summed E-state index contributed by atoms with van der Waals surface area (Å²) in [5.41, 5.74) is 11.4. The van der Waals surface area contributed by atoms with Crippen LogP contribution in [0.3, 0.4) is 0 Å². The van der Waals surface area contributed by atoms with Gasteiger partial charge in [0.1, 0.15) is 18.2 Å². The first-order chi connectivity index (χ1) is 36.0. The second kappa shape index (κ2) is 28.8. The third kappa shape index (κ3) is 15.5. The van der Waals surface area contributed by atoms with Gasteiger partial charge in [-0.25, -0.2) is 4.79 Å². The molecule has 2 bridgehead atoms. The molecule has 26 nitrogen and oxygen atoms in total. The van der Waals surface area contributed by atoms with E-state index in [4.69, 9.17) is 55.3 Å². The Morgan fingerprint density at radius 1 is 0.662 bits per heavy atom. The van der Waals surface area contributed by atoms with Gasteiger partial charge in [0, 0.05) is 55.7 Å². The van der Waals surface area contributed by atoms with Crippen LogP contribution in [-0.2, 0) is 131 Å². The van der Waals surface area contributed by atoms with Crippen molar-refractivity contribution >= 4 is 75.2 Å². The van der Waals surface area contributed by atoms with Crippen molar-refractivity contribution in [1.29, 1.82) is 0 Å². The number of Topliss-reactive ketones (excluding diaryl/α,β-unsaturated/α-hetero) is 2. The molecule has 9 aliphatic rings. The van der Waals surface area contributed by atoms with Crippen molar-refractivity contribution in [3.05, 3.63) is 16.0 Å². The minimum atomic E-state index is -2.13. The van der Waals surface area contributed by atoms with Crippen molar-refractivity contribution in [2.75, 3.05) is 45.9 Å². The number of hydrogen-bond acceptors (Lipinski definition) is 19. The molecule has 32 heteroatoms. The largest absolute Gasteiger partial charge is 0.660 e. The molecule has 10 N–H and O–H groups in total. The number of hydrogen-bond donors (Lipinski definition) is 7. The Bertz CT molecular complexity index is 2270. The van der Waals surface area contributed by atoms with E-state index in [9.17, 15) is 53.4 Å². The number of carboxylic acids is 4. The molecule has 0 aromatic carbocycles. The van der Waals surface area contributed by atoms with Crippen LogP contribution in [0.2, 0.25) is 19.0 Å². The molecule has 9 rings (SSSR count). The monoisotopic (exact) mass is 1240 g/mol. The molecular weight excluding hydrogens is 1170 g/mol. The van der Waals surface area contributed by atoms with Gasteiger partial charge in [0.25, 0.3) is 12.4 Å². The van der Waals surface area contributed by atoms with Crippen LogP contribution in [0.4, 0.5) is 0 Å². The molecule has 6 aliphatic heterocycles. The van der Waals surface area contributed by atoms with Crippen LogP contribution >= 0.6 is 0 Å². The van der Waals surface area contributed by atoms with Crippen molar-refractivity contribution in [3.63, 3.8) is 0 Å². The average molecular weight is 1240 g/mol. The molecule has 0 spiro atoms. The van der Waals surface area contributed by atoms with Crippen molar-refractivity contribution in [1.82, 2.24) is 0 Å². The fourth-order valence-corrected chi connectivity index (χ4v) is 12.6. The quantitative estimate of drug-likeness (QED) is 0.0564. The van der Waals surface area contributed by atoms with Gasteiger partial charge < -0.3 is 86.2 Å². The SMILES string of the molecule is CC(=O)C1(N)C[N-]CC1CCCB1OC(=O)C(COC=O)(CC(=O)O)O1.CC(=O)C1(N)C[N-]CC1CCCB1OC(=O)CC(CC(=O)O)(C(=O)O)O1.CC1(C)[C@H]2C[C@@H]3OB(CCCC4C[N-]CC4(N)C(=O)O)O[C@]3(C)[C@@H]1C2.[V].[V].[V]. The maximum Gasteiger partial charge on any atom is 0.528 e. The number of ether oxygens (including phenoxy) is 1. The van der Waals surface area contributed by atoms with Gasteiger partial charge in [-0.3, -0.25) is 38.4 Å². The minimum Gasteiger partial charge on any atom is -0.660 e. The van der Waals surface area contributed by atoms with E-state index >= 15 is 0 Å². The maximum absolute atomic E-state index is 12.1. The fourth-order valence-electron chi connectivity index (χ4n) is 12.6. The Kier molecular flexibility index (Phi) is 25.8. The zero-order valence-electron chi connectivity index (χ0n) is 45.9. The van der Waals surface area contributed by atoms with E-state index < -0.39 is 104 Å². The van der Waals surface area contributed by atoms with Gasteiger partial charge in [-0.05, 0) is 87.6 Å². The number of ketones is 2. The molecular formula is C48H74B3N6O20V3-3. The number of nitrogens with zero attached hydrogens (tertiary/aromatic N) is 3. The Hall–Kier alpha value is -2.82. The number of rotatable bonds is 23. The first-order valence-electron chi connectivity index (χ1n) is 26.3. The summed E-state index contributed by atoms with van der Waals surface area (Å²) in [6, 6.07) is 0. The van der Waals surface area contributed by atoms with Crippen LogP contribution in [0.1, 0.15) is 105 Å². The van der Waals surface area contributed by atoms with E-state index in [1.807, 2.05) is 0 Å². The van der Waals surface area contributed by atoms with Crippen LogP contribution in [0.5, 0.6) is 0 Å². The predicted molar refractivity (Wildman–Crippen MR) is 272 cm³/mol. The first kappa shape index (κ1) is 71.4. The van der Waals surface area contributed by atoms with Crippen molar-refractivity contribution in [2.24, 2.45) is 52.2 Å². The summed E-state index contributed by atoms with van der Waals surface area (Å²) < 4.78 is 38.1. The van der Waals surface area contributed by atoms with E-state index in [0.717, 1.165) is 31.5 Å². The number of carbonyl (C=O) groups is 9. The van der Waals surface area contributed by atoms with Gasteiger partial charge in [-0.15, -0.1) is 39.3 Å². The summed E-state index contributed by atoms with van der Waals surface area (Å²) >= 11 is 0. The van der Waals surface area contributed by atoms with E-state index in [1.54, 1.807) is 0 Å². The topological polar surface area (TPSA) is 420 Å². The van der Waals surface area contributed by atoms with E-state index in [0.29, 0.717) is 69.5 Å². The zero-order valence-corrected chi connectivity index (χ0v) is 50.0. The molecule has 0 aromatic rings. The third-order valence-corrected chi connectivity index (χ3v) is 17.7. The molecule has 0 amide bonds. The normalized spacial score (nSPS) is 35.1. The van der Waals surface area contributed by atoms with Gasteiger partial charge in [-0.1, -0.05) is 52.4 Å². The minimum absolute atomic E-state index is 0. The van der Waals surface area contributed by atoms with Gasteiger partial charge >= 0.3 is 51.2 Å². The molecule has 3 radical (unpaired) electrons. The van der Waals surface area contributed by atoms with Crippen LogP contribution in [0.25, 0.3) is 16.0 Å². The smallest absolute Gasteiger partial charge is 0.528 e. The summed E-state index contributed by atoms with van der Waals surface area (Å²) in [6.07, 6.45) is 5.40. The fraction of sp³-hybridized carbons (Fsp3) is 0.812. The Morgan fingerprint density at radius 2 is 1.14 bits per heavy atom. The Morgan fingerprint density at radius 3 is 1.59 bits per heavy atom. The molecule has 6 heterocycles. The first-order valence-corrected chi connectivity index (χ1v) is 26.3. The van der Waals surface area contributed by atoms with Gasteiger partial charge in [-0.2, -0.15) is 0 Å². The van der Waals surface area contributed by atoms with Crippen LogP contribution in [0.15, 0.2) is 0 Å². The predicted octanol–water partition coefficient (Wildman–Crippen LogP) is 1.58. The number of nitrogens with two attached hydrogens (primary N) is 3. The summed E-state index contributed by atoms with van der Waals surface area (Å²) in [5, 5.41) is 49.3. The van der Waals surface area contributed by atoms with E-state index in [-0.39, 0.29) is 130 Å². The molecule has 0 aromatic heterocycles. The standard InChI is InChI=1S/C18H30BN2O4.2C15H22BN2O8.3V/c1-16(2)12-7-13(16)17(3)14(8-12)24-19(25-17)6-4-5-11-9-21-10-18(11,20)15(22)23;1-10(20)15(17)7-18-6-11(15)3-2-4-16-25-13(23)14(26-16,5-12(21)22)8-24-9-19;1-9(19)15(17)8-18-7-10(15)3-2-4-16-25-12(22)6-14(26-16,13(23)24)5-11(20)21;;;/h11-14H,4-10,20H2,1-3H3,(H,22,23);9,11H,2-8,17H2,1H3,(H,21,22);10H,2-8,17H2,1H3,(H,20,21)(H,23,24);;;/q3*-1;;;/t11?,12-,13-,14+,17-,18?;;;;;/m1...../s1. The van der Waals surface area contributed by atoms with Gasteiger partial charge in [0.2, 0.25) is 0 Å². The van der Waals surface area contributed by atoms with Crippen LogP contribution < -0.4 is 17.2 Å². The summed E-state index contributed by atoms with van der Waals surface area (Å²) in [7, 11) is -2.27. The number of carboxylic acid groups (broad SMARTS) is 4.